The molecule has 5 heteroatoms. The summed E-state index contributed by atoms with van der Waals surface area (Å²) in [5.74, 6) is 1.67. The standard InChI is InChI=1S/C18H28N2O3/c1-2-6-19(5-1)11-16-10-18(23-13-16)14-20(7-9-21-15-18)12-17-4-3-8-22-17/h3-4,8,16H,1-2,5-7,9-15H2/t16-,18+/m0/s1. The molecule has 1 spiro atoms. The zero-order chi connectivity index (χ0) is 15.5. The van der Waals surface area contributed by atoms with Crippen LogP contribution in [0.5, 0.6) is 0 Å². The van der Waals surface area contributed by atoms with Gasteiger partial charge in [0.05, 0.1) is 32.6 Å². The van der Waals surface area contributed by atoms with Crippen LogP contribution in [0.25, 0.3) is 0 Å². The van der Waals surface area contributed by atoms with Gasteiger partial charge in [-0.2, -0.15) is 0 Å². The third-order valence-corrected chi connectivity index (χ3v) is 5.39. The number of hydrogen-bond acceptors (Lipinski definition) is 5. The Morgan fingerprint density at radius 2 is 2.09 bits per heavy atom. The summed E-state index contributed by atoms with van der Waals surface area (Å²) in [4.78, 5) is 5.02. The quantitative estimate of drug-likeness (QED) is 0.848. The lowest BCUT2D eigenvalue weighted by Crippen LogP contribution is -2.44. The molecule has 1 aromatic rings. The molecule has 0 aromatic carbocycles. The molecule has 0 saturated carbocycles. The van der Waals surface area contributed by atoms with Crippen LogP contribution < -0.4 is 0 Å². The molecule has 4 rings (SSSR count). The van der Waals surface area contributed by atoms with Crippen molar-refractivity contribution < 1.29 is 13.9 Å². The van der Waals surface area contributed by atoms with E-state index in [0.717, 1.165) is 51.6 Å². The minimum atomic E-state index is -0.118. The number of furan rings is 1. The van der Waals surface area contributed by atoms with Crippen LogP contribution in [0.15, 0.2) is 22.8 Å². The topological polar surface area (TPSA) is 38.1 Å². The van der Waals surface area contributed by atoms with Gasteiger partial charge in [-0.1, -0.05) is 0 Å². The van der Waals surface area contributed by atoms with Crippen LogP contribution in [-0.2, 0) is 16.0 Å². The predicted octanol–water partition coefficient (Wildman–Crippen LogP) is 1.98. The Morgan fingerprint density at radius 1 is 1.17 bits per heavy atom. The Hall–Kier alpha value is -0.880. The van der Waals surface area contributed by atoms with Gasteiger partial charge in [0.2, 0.25) is 0 Å². The summed E-state index contributed by atoms with van der Waals surface area (Å²) in [5, 5.41) is 0. The minimum Gasteiger partial charge on any atom is -0.468 e. The van der Waals surface area contributed by atoms with Crippen LogP contribution >= 0.6 is 0 Å². The Kier molecular flexibility index (Phi) is 4.71. The average Bonchev–Trinajstić information content (AvgIpc) is 3.25. The fraction of sp³-hybridized carbons (Fsp3) is 0.778. The van der Waals surface area contributed by atoms with Gasteiger partial charge in [0.1, 0.15) is 11.4 Å². The highest BCUT2D eigenvalue weighted by Crippen LogP contribution is 2.34. The molecule has 0 aliphatic carbocycles. The summed E-state index contributed by atoms with van der Waals surface area (Å²) in [7, 11) is 0. The second kappa shape index (κ2) is 6.93. The summed E-state index contributed by atoms with van der Waals surface area (Å²) in [6.07, 6.45) is 5.59. The lowest BCUT2D eigenvalue weighted by atomic mass is 9.94. The molecule has 4 heterocycles. The first-order chi connectivity index (χ1) is 11.3. The highest BCUT2D eigenvalue weighted by atomic mass is 16.5. The SMILES string of the molecule is c1coc(CN2CCOC[C@@]3(C[C@@H](CN4CCCC4)CO3)C2)c1. The Balaban J connectivity index is 1.36. The molecule has 3 saturated heterocycles. The predicted molar refractivity (Wildman–Crippen MR) is 87.3 cm³/mol. The van der Waals surface area contributed by atoms with Gasteiger partial charge in [0.25, 0.3) is 0 Å². The van der Waals surface area contributed by atoms with E-state index in [4.69, 9.17) is 13.9 Å². The maximum atomic E-state index is 6.31. The molecule has 0 radical (unpaired) electrons. The molecule has 0 unspecified atom stereocenters. The van der Waals surface area contributed by atoms with Crippen molar-refractivity contribution in [2.24, 2.45) is 5.92 Å². The van der Waals surface area contributed by atoms with Crippen LogP contribution in [0.4, 0.5) is 0 Å². The second-order valence-corrected chi connectivity index (χ2v) is 7.41. The van der Waals surface area contributed by atoms with E-state index in [-0.39, 0.29) is 5.60 Å². The number of nitrogens with zero attached hydrogens (tertiary/aromatic N) is 2. The first kappa shape index (κ1) is 15.6. The Bertz CT molecular complexity index is 486. The van der Waals surface area contributed by atoms with Gasteiger partial charge in [0.15, 0.2) is 0 Å². The van der Waals surface area contributed by atoms with Gasteiger partial charge in [-0.3, -0.25) is 4.90 Å². The van der Waals surface area contributed by atoms with Crippen molar-refractivity contribution in [3.05, 3.63) is 24.2 Å². The highest BCUT2D eigenvalue weighted by Gasteiger charge is 2.43. The largest absolute Gasteiger partial charge is 0.468 e. The normalized spacial score (nSPS) is 33.5. The van der Waals surface area contributed by atoms with Gasteiger partial charge in [0, 0.05) is 19.6 Å². The zero-order valence-electron chi connectivity index (χ0n) is 13.9. The molecule has 0 bridgehead atoms. The van der Waals surface area contributed by atoms with Crippen molar-refractivity contribution in [1.29, 1.82) is 0 Å². The fourth-order valence-electron chi connectivity index (χ4n) is 4.34. The first-order valence-electron chi connectivity index (χ1n) is 9.00. The Morgan fingerprint density at radius 3 is 2.91 bits per heavy atom. The highest BCUT2D eigenvalue weighted by molar-refractivity contribution is 5.00. The first-order valence-corrected chi connectivity index (χ1v) is 9.00. The third-order valence-electron chi connectivity index (χ3n) is 5.39. The molecule has 128 valence electrons. The van der Waals surface area contributed by atoms with Gasteiger partial charge in [-0.25, -0.2) is 0 Å². The van der Waals surface area contributed by atoms with Gasteiger partial charge < -0.3 is 18.8 Å². The molecule has 2 atom stereocenters. The van der Waals surface area contributed by atoms with Gasteiger partial charge >= 0.3 is 0 Å². The lowest BCUT2D eigenvalue weighted by molar-refractivity contribution is -0.0566. The van der Waals surface area contributed by atoms with E-state index in [1.807, 2.05) is 12.1 Å². The van der Waals surface area contributed by atoms with E-state index >= 15 is 0 Å². The van der Waals surface area contributed by atoms with Crippen molar-refractivity contribution in [2.45, 2.75) is 31.4 Å². The van der Waals surface area contributed by atoms with Crippen molar-refractivity contribution in [2.75, 3.05) is 52.5 Å². The Labute approximate surface area is 138 Å². The van der Waals surface area contributed by atoms with Crippen LogP contribution in [0.3, 0.4) is 0 Å². The maximum absolute atomic E-state index is 6.31. The molecule has 1 aromatic heterocycles. The van der Waals surface area contributed by atoms with Crippen molar-refractivity contribution in [3.63, 3.8) is 0 Å². The molecule has 0 amide bonds. The molecular formula is C18H28N2O3. The molecule has 3 aliphatic heterocycles. The molecule has 3 fully saturated rings. The smallest absolute Gasteiger partial charge is 0.117 e. The molecule has 23 heavy (non-hydrogen) atoms. The van der Waals surface area contributed by atoms with Crippen LogP contribution in [0, 0.1) is 5.92 Å². The van der Waals surface area contributed by atoms with E-state index < -0.39 is 0 Å². The van der Waals surface area contributed by atoms with Crippen LogP contribution in [-0.4, -0.2) is 67.9 Å². The average molecular weight is 320 g/mol. The van der Waals surface area contributed by atoms with Gasteiger partial charge in [-0.15, -0.1) is 0 Å². The van der Waals surface area contributed by atoms with Crippen molar-refractivity contribution in [1.82, 2.24) is 9.80 Å². The van der Waals surface area contributed by atoms with E-state index in [1.165, 1.54) is 32.5 Å². The minimum absolute atomic E-state index is 0.118. The zero-order valence-corrected chi connectivity index (χ0v) is 13.9. The van der Waals surface area contributed by atoms with Crippen LogP contribution in [0.2, 0.25) is 0 Å². The lowest BCUT2D eigenvalue weighted by Gasteiger charge is -2.31. The maximum Gasteiger partial charge on any atom is 0.117 e. The monoisotopic (exact) mass is 320 g/mol. The fourth-order valence-corrected chi connectivity index (χ4v) is 4.34. The molecule has 0 N–H and O–H groups in total. The van der Waals surface area contributed by atoms with Gasteiger partial charge in [-0.05, 0) is 50.4 Å². The summed E-state index contributed by atoms with van der Waals surface area (Å²) in [6, 6.07) is 4.00. The number of hydrogen-bond donors (Lipinski definition) is 0. The summed E-state index contributed by atoms with van der Waals surface area (Å²) >= 11 is 0. The molecular weight excluding hydrogens is 292 g/mol. The van der Waals surface area contributed by atoms with E-state index in [0.29, 0.717) is 5.92 Å². The number of rotatable bonds is 4. The van der Waals surface area contributed by atoms with E-state index in [2.05, 4.69) is 9.80 Å². The number of likely N-dealkylation sites (tertiary alicyclic amines) is 1. The van der Waals surface area contributed by atoms with Crippen molar-refractivity contribution >= 4 is 0 Å². The summed E-state index contributed by atoms with van der Waals surface area (Å²) in [6.45, 7) is 8.87. The number of ether oxygens (including phenoxy) is 2. The van der Waals surface area contributed by atoms with E-state index in [1.54, 1.807) is 6.26 Å². The second-order valence-electron chi connectivity index (χ2n) is 7.41. The third kappa shape index (κ3) is 3.79. The van der Waals surface area contributed by atoms with Crippen LogP contribution in [0.1, 0.15) is 25.0 Å². The van der Waals surface area contributed by atoms with Crippen molar-refractivity contribution in [3.8, 4) is 0 Å². The summed E-state index contributed by atoms with van der Waals surface area (Å²) < 4.78 is 17.7. The molecule has 5 nitrogen and oxygen atoms in total. The van der Waals surface area contributed by atoms with E-state index in [9.17, 15) is 0 Å². The summed E-state index contributed by atoms with van der Waals surface area (Å²) in [5.41, 5.74) is -0.118. The molecule has 3 aliphatic rings.